The molecule has 0 fully saturated rings. The predicted molar refractivity (Wildman–Crippen MR) is 74.4 cm³/mol. The number of carbonyl (C=O) groups excluding carboxylic acids is 1. The molecule has 1 rings (SSSR count). The zero-order valence-corrected chi connectivity index (χ0v) is 12.0. The molecule has 1 aromatic rings. The van der Waals surface area contributed by atoms with Gasteiger partial charge in [-0.2, -0.15) is 5.26 Å². The van der Waals surface area contributed by atoms with E-state index in [1.54, 1.807) is 39.2 Å². The van der Waals surface area contributed by atoms with Crippen molar-refractivity contribution < 1.29 is 19.0 Å². The van der Waals surface area contributed by atoms with Crippen LogP contribution in [0.5, 0.6) is 11.5 Å². The van der Waals surface area contributed by atoms with Crippen molar-refractivity contribution in [2.45, 2.75) is 13.8 Å². The molecule has 0 radical (unpaired) electrons. The Morgan fingerprint density at radius 1 is 1.30 bits per heavy atom. The smallest absolute Gasteiger partial charge is 0.349 e. The van der Waals surface area contributed by atoms with E-state index < -0.39 is 5.97 Å². The molecule has 0 aliphatic heterocycles. The van der Waals surface area contributed by atoms with Crippen LogP contribution < -0.4 is 9.47 Å². The van der Waals surface area contributed by atoms with Gasteiger partial charge in [-0.1, -0.05) is 0 Å². The van der Waals surface area contributed by atoms with E-state index in [-0.39, 0.29) is 12.2 Å². The maximum atomic E-state index is 11.7. The zero-order valence-electron chi connectivity index (χ0n) is 12.0. The lowest BCUT2D eigenvalue weighted by Gasteiger charge is -2.12. The van der Waals surface area contributed by atoms with E-state index in [0.717, 1.165) is 0 Å². The van der Waals surface area contributed by atoms with Crippen LogP contribution in [-0.2, 0) is 9.53 Å². The molecule has 0 saturated heterocycles. The fourth-order valence-corrected chi connectivity index (χ4v) is 1.73. The molecule has 0 amide bonds. The summed E-state index contributed by atoms with van der Waals surface area (Å²) in [7, 11) is 3.07. The predicted octanol–water partition coefficient (Wildman–Crippen LogP) is 2.56. The summed E-state index contributed by atoms with van der Waals surface area (Å²) in [5.74, 6) is 0.525. The van der Waals surface area contributed by atoms with Gasteiger partial charge in [0.15, 0.2) is 0 Å². The van der Waals surface area contributed by atoms with E-state index in [1.165, 1.54) is 7.11 Å². The number of esters is 1. The lowest BCUT2D eigenvalue weighted by Crippen LogP contribution is -2.08. The summed E-state index contributed by atoms with van der Waals surface area (Å²) in [6.07, 6.45) is 0. The van der Waals surface area contributed by atoms with Gasteiger partial charge in [-0.3, -0.25) is 0 Å². The van der Waals surface area contributed by atoms with Gasteiger partial charge in [0.1, 0.15) is 23.1 Å². The number of hydrogen-bond acceptors (Lipinski definition) is 5. The average molecular weight is 275 g/mol. The largest absolute Gasteiger partial charge is 0.497 e. The Kier molecular flexibility index (Phi) is 5.60. The minimum Gasteiger partial charge on any atom is -0.497 e. The normalized spacial score (nSPS) is 11.2. The molecule has 0 aliphatic rings. The van der Waals surface area contributed by atoms with E-state index in [1.807, 2.05) is 6.07 Å². The lowest BCUT2D eigenvalue weighted by atomic mass is 10.0. The first-order valence-electron chi connectivity index (χ1n) is 6.09. The Morgan fingerprint density at radius 2 is 2.00 bits per heavy atom. The van der Waals surface area contributed by atoms with E-state index >= 15 is 0 Å². The molecule has 1 aromatic carbocycles. The Balaban J connectivity index is 3.34. The van der Waals surface area contributed by atoms with Crippen LogP contribution in [0.3, 0.4) is 0 Å². The first-order chi connectivity index (χ1) is 9.58. The molecule has 20 heavy (non-hydrogen) atoms. The summed E-state index contributed by atoms with van der Waals surface area (Å²) in [6.45, 7) is 3.59. The summed E-state index contributed by atoms with van der Waals surface area (Å²) in [5.41, 5.74) is 1.12. The second-order valence-corrected chi connectivity index (χ2v) is 3.90. The number of nitriles is 1. The molecule has 0 spiro atoms. The highest BCUT2D eigenvalue weighted by atomic mass is 16.5. The SMILES string of the molecule is CCOC(=O)C(C#N)=C(C)c1ccc(OC)cc1OC. The summed E-state index contributed by atoms with van der Waals surface area (Å²) in [4.78, 5) is 11.7. The number of methoxy groups -OCH3 is 2. The quantitative estimate of drug-likeness (QED) is 0.469. The Labute approximate surface area is 118 Å². The standard InChI is InChI=1S/C15H17NO4/c1-5-20-15(17)13(9-16)10(2)12-7-6-11(18-3)8-14(12)19-4/h6-8H,5H2,1-4H3. The third-order valence-electron chi connectivity index (χ3n) is 2.78. The van der Waals surface area contributed by atoms with Gasteiger partial charge in [0.2, 0.25) is 0 Å². The highest BCUT2D eigenvalue weighted by Crippen LogP contribution is 2.31. The molecule has 5 heteroatoms. The van der Waals surface area contributed by atoms with Crippen molar-refractivity contribution in [1.29, 1.82) is 5.26 Å². The molecule has 0 atom stereocenters. The molecule has 0 aliphatic carbocycles. The molecule has 5 nitrogen and oxygen atoms in total. The van der Waals surface area contributed by atoms with E-state index in [0.29, 0.717) is 22.6 Å². The fraction of sp³-hybridized carbons (Fsp3) is 0.333. The van der Waals surface area contributed by atoms with Gasteiger partial charge in [0.05, 0.1) is 20.8 Å². The Bertz CT molecular complexity index is 570. The summed E-state index contributed by atoms with van der Waals surface area (Å²) in [5, 5.41) is 9.14. The van der Waals surface area contributed by atoms with Crippen molar-refractivity contribution in [3.8, 4) is 17.6 Å². The number of carbonyl (C=O) groups is 1. The van der Waals surface area contributed by atoms with Crippen molar-refractivity contribution in [2.24, 2.45) is 0 Å². The molecule has 0 N–H and O–H groups in total. The van der Waals surface area contributed by atoms with Gasteiger partial charge < -0.3 is 14.2 Å². The van der Waals surface area contributed by atoms with Gasteiger partial charge in [-0.25, -0.2) is 4.79 Å². The molecule has 0 unspecified atom stereocenters. The topological polar surface area (TPSA) is 68.6 Å². The maximum absolute atomic E-state index is 11.7. The maximum Gasteiger partial charge on any atom is 0.349 e. The number of benzene rings is 1. The monoisotopic (exact) mass is 275 g/mol. The van der Waals surface area contributed by atoms with Crippen LogP contribution in [0.15, 0.2) is 23.8 Å². The van der Waals surface area contributed by atoms with Crippen molar-refractivity contribution in [2.75, 3.05) is 20.8 Å². The van der Waals surface area contributed by atoms with Gasteiger partial charge in [-0.15, -0.1) is 0 Å². The number of rotatable bonds is 5. The summed E-state index contributed by atoms with van der Waals surface area (Å²) < 4.78 is 15.3. The van der Waals surface area contributed by atoms with Crippen LogP contribution in [0.4, 0.5) is 0 Å². The van der Waals surface area contributed by atoms with E-state index in [2.05, 4.69) is 0 Å². The minimum absolute atomic E-state index is 0.0321. The van der Waals surface area contributed by atoms with Crippen molar-refractivity contribution in [3.63, 3.8) is 0 Å². The van der Waals surface area contributed by atoms with Crippen LogP contribution in [-0.4, -0.2) is 26.8 Å². The second-order valence-electron chi connectivity index (χ2n) is 3.90. The first-order valence-corrected chi connectivity index (χ1v) is 6.09. The van der Waals surface area contributed by atoms with Crippen LogP contribution in [0.1, 0.15) is 19.4 Å². The van der Waals surface area contributed by atoms with Crippen LogP contribution in [0.2, 0.25) is 0 Å². The lowest BCUT2D eigenvalue weighted by molar-refractivity contribution is -0.137. The zero-order chi connectivity index (χ0) is 15.1. The van der Waals surface area contributed by atoms with Gasteiger partial charge in [0, 0.05) is 11.6 Å². The van der Waals surface area contributed by atoms with Gasteiger partial charge in [-0.05, 0) is 31.6 Å². The number of nitrogens with zero attached hydrogens (tertiary/aromatic N) is 1. The average Bonchev–Trinajstić information content (AvgIpc) is 2.47. The van der Waals surface area contributed by atoms with Crippen molar-refractivity contribution in [3.05, 3.63) is 29.3 Å². The van der Waals surface area contributed by atoms with E-state index in [4.69, 9.17) is 19.5 Å². The summed E-state index contributed by atoms with van der Waals surface area (Å²) >= 11 is 0. The Hall–Kier alpha value is -2.48. The Morgan fingerprint density at radius 3 is 2.50 bits per heavy atom. The van der Waals surface area contributed by atoms with E-state index in [9.17, 15) is 4.79 Å². The molecule has 0 aromatic heterocycles. The second kappa shape index (κ2) is 7.19. The highest BCUT2D eigenvalue weighted by Gasteiger charge is 2.17. The molecular formula is C15H17NO4. The van der Waals surface area contributed by atoms with Crippen LogP contribution in [0, 0.1) is 11.3 Å². The number of ether oxygens (including phenoxy) is 3. The third-order valence-corrected chi connectivity index (χ3v) is 2.78. The first kappa shape index (κ1) is 15.6. The molecular weight excluding hydrogens is 258 g/mol. The molecule has 0 heterocycles. The fourth-order valence-electron chi connectivity index (χ4n) is 1.73. The molecule has 0 bridgehead atoms. The van der Waals surface area contributed by atoms with Crippen molar-refractivity contribution >= 4 is 11.5 Å². The van der Waals surface area contributed by atoms with Crippen molar-refractivity contribution in [1.82, 2.24) is 0 Å². The van der Waals surface area contributed by atoms with Crippen LogP contribution in [0.25, 0.3) is 5.57 Å². The number of hydrogen-bond donors (Lipinski definition) is 0. The molecule has 106 valence electrons. The highest BCUT2D eigenvalue weighted by molar-refractivity contribution is 6.01. The van der Waals surface area contributed by atoms with Gasteiger partial charge in [0.25, 0.3) is 0 Å². The summed E-state index contributed by atoms with van der Waals surface area (Å²) in [6, 6.07) is 7.05. The third kappa shape index (κ3) is 3.29. The molecule has 0 saturated carbocycles. The minimum atomic E-state index is -0.634. The van der Waals surface area contributed by atoms with Crippen LogP contribution >= 0.6 is 0 Å². The number of allylic oxidation sites excluding steroid dienone is 1. The van der Waals surface area contributed by atoms with Gasteiger partial charge >= 0.3 is 5.97 Å².